The maximum absolute atomic E-state index is 12.4. The van der Waals surface area contributed by atoms with Crippen molar-refractivity contribution in [2.24, 2.45) is 5.73 Å². The van der Waals surface area contributed by atoms with Gasteiger partial charge in [0.25, 0.3) is 5.69 Å². The van der Waals surface area contributed by atoms with Crippen LogP contribution in [0.5, 0.6) is 0 Å². The molecule has 0 bridgehead atoms. The van der Waals surface area contributed by atoms with Crippen LogP contribution in [-0.4, -0.2) is 43.6 Å². The summed E-state index contributed by atoms with van der Waals surface area (Å²) in [7, 11) is -3.91. The minimum atomic E-state index is -3.91. The average molecular weight is 322 g/mol. The standard InChI is InChI=1S/C10H12ClN3O5S/c11-8-5-7(14(15)16)1-2-9(8)20(17,18)13-3-4-19-6-10(13)12/h1-2,5,10H,3-4,6,12H2. The summed E-state index contributed by atoms with van der Waals surface area (Å²) >= 11 is 5.84. The molecule has 1 aliphatic rings. The molecule has 8 nitrogen and oxygen atoms in total. The second-order valence-corrected chi connectivity index (χ2v) is 6.40. The van der Waals surface area contributed by atoms with Crippen LogP contribution in [0.15, 0.2) is 23.1 Å². The Kier molecular flexibility index (Phi) is 4.25. The van der Waals surface area contributed by atoms with E-state index in [1.54, 1.807) is 0 Å². The first-order valence-corrected chi connectivity index (χ1v) is 7.45. The topological polar surface area (TPSA) is 116 Å². The molecule has 1 heterocycles. The van der Waals surface area contributed by atoms with Gasteiger partial charge in [-0.05, 0) is 6.07 Å². The summed E-state index contributed by atoms with van der Waals surface area (Å²) in [6.07, 6.45) is -0.806. The lowest BCUT2D eigenvalue weighted by molar-refractivity contribution is -0.384. The van der Waals surface area contributed by atoms with Gasteiger partial charge in [-0.25, -0.2) is 8.42 Å². The van der Waals surface area contributed by atoms with Gasteiger partial charge in [0.15, 0.2) is 0 Å². The third-order valence-electron chi connectivity index (χ3n) is 2.83. The highest BCUT2D eigenvalue weighted by molar-refractivity contribution is 7.89. The molecule has 0 aromatic heterocycles. The van der Waals surface area contributed by atoms with E-state index in [0.717, 1.165) is 22.5 Å². The largest absolute Gasteiger partial charge is 0.377 e. The molecule has 0 aliphatic carbocycles. The summed E-state index contributed by atoms with van der Waals surface area (Å²) in [5.41, 5.74) is 5.42. The summed E-state index contributed by atoms with van der Waals surface area (Å²) in [6, 6.07) is 3.20. The van der Waals surface area contributed by atoms with E-state index >= 15 is 0 Å². The molecule has 1 aromatic rings. The maximum Gasteiger partial charge on any atom is 0.271 e. The Hall–Kier alpha value is -1.26. The van der Waals surface area contributed by atoms with Crippen molar-refractivity contribution in [3.8, 4) is 0 Å². The fourth-order valence-corrected chi connectivity index (χ4v) is 3.84. The van der Waals surface area contributed by atoms with E-state index in [1.807, 2.05) is 0 Å². The molecule has 110 valence electrons. The highest BCUT2D eigenvalue weighted by Gasteiger charge is 2.33. The quantitative estimate of drug-likeness (QED) is 0.642. The van der Waals surface area contributed by atoms with Gasteiger partial charge in [0.2, 0.25) is 10.0 Å². The number of hydrogen-bond acceptors (Lipinski definition) is 6. The molecule has 0 spiro atoms. The Balaban J connectivity index is 2.41. The summed E-state index contributed by atoms with van der Waals surface area (Å²) < 4.78 is 31.0. The molecule has 1 unspecified atom stereocenters. The lowest BCUT2D eigenvalue weighted by Gasteiger charge is -2.32. The fraction of sp³-hybridized carbons (Fsp3) is 0.400. The zero-order valence-corrected chi connectivity index (χ0v) is 11.8. The summed E-state index contributed by atoms with van der Waals surface area (Å²) in [6.45, 7) is 0.429. The smallest absolute Gasteiger partial charge is 0.271 e. The SMILES string of the molecule is NC1COCCN1S(=O)(=O)c1ccc([N+](=O)[O-])cc1Cl. The van der Waals surface area contributed by atoms with E-state index in [2.05, 4.69) is 0 Å². The molecule has 0 saturated carbocycles. The Morgan fingerprint density at radius 2 is 2.20 bits per heavy atom. The van der Waals surface area contributed by atoms with Crippen molar-refractivity contribution < 1.29 is 18.1 Å². The molecule has 2 N–H and O–H groups in total. The summed E-state index contributed by atoms with van der Waals surface area (Å²) in [5.74, 6) is 0. The average Bonchev–Trinajstić information content (AvgIpc) is 2.38. The van der Waals surface area contributed by atoms with Crippen molar-refractivity contribution >= 4 is 27.3 Å². The van der Waals surface area contributed by atoms with Crippen molar-refractivity contribution in [2.75, 3.05) is 19.8 Å². The first-order valence-electron chi connectivity index (χ1n) is 5.63. The van der Waals surface area contributed by atoms with Crippen LogP contribution < -0.4 is 5.73 Å². The number of halogens is 1. The van der Waals surface area contributed by atoms with Crippen molar-refractivity contribution in [3.63, 3.8) is 0 Å². The molecule has 0 radical (unpaired) electrons. The number of ether oxygens (including phenoxy) is 1. The lowest BCUT2D eigenvalue weighted by Crippen LogP contribution is -2.53. The third kappa shape index (κ3) is 2.76. The first kappa shape index (κ1) is 15.1. The molecule has 1 fully saturated rings. The van der Waals surface area contributed by atoms with E-state index in [4.69, 9.17) is 22.1 Å². The Labute approximate surface area is 120 Å². The molecule has 1 aliphatic heterocycles. The predicted molar refractivity (Wildman–Crippen MR) is 70.8 cm³/mol. The minimum absolute atomic E-state index is 0.0871. The van der Waals surface area contributed by atoms with E-state index in [1.165, 1.54) is 0 Å². The van der Waals surface area contributed by atoms with Crippen molar-refractivity contribution in [1.82, 2.24) is 4.31 Å². The van der Waals surface area contributed by atoms with E-state index in [9.17, 15) is 18.5 Å². The Bertz CT molecular complexity index is 636. The molecule has 20 heavy (non-hydrogen) atoms. The molecule has 1 saturated heterocycles. The van der Waals surface area contributed by atoms with Gasteiger partial charge in [0.05, 0.1) is 29.3 Å². The van der Waals surface area contributed by atoms with Crippen LogP contribution in [0.3, 0.4) is 0 Å². The van der Waals surface area contributed by atoms with E-state index in [-0.39, 0.29) is 35.4 Å². The zero-order chi connectivity index (χ0) is 14.9. The van der Waals surface area contributed by atoms with Crippen LogP contribution in [-0.2, 0) is 14.8 Å². The molecule has 0 amide bonds. The van der Waals surface area contributed by atoms with Gasteiger partial charge in [0, 0.05) is 18.7 Å². The molecular formula is C10H12ClN3O5S. The number of rotatable bonds is 3. The van der Waals surface area contributed by atoms with Gasteiger partial charge in [0.1, 0.15) is 4.90 Å². The second kappa shape index (κ2) is 5.62. The number of nitrogens with zero attached hydrogens (tertiary/aromatic N) is 2. The first-order chi connectivity index (χ1) is 9.34. The van der Waals surface area contributed by atoms with Gasteiger partial charge in [-0.2, -0.15) is 4.31 Å². The lowest BCUT2D eigenvalue weighted by atomic mass is 10.3. The van der Waals surface area contributed by atoms with Gasteiger partial charge >= 0.3 is 0 Å². The number of nitro groups is 1. The third-order valence-corrected chi connectivity index (χ3v) is 5.23. The zero-order valence-electron chi connectivity index (χ0n) is 10.2. The van der Waals surface area contributed by atoms with Crippen LogP contribution in [0.1, 0.15) is 0 Å². The monoisotopic (exact) mass is 321 g/mol. The van der Waals surface area contributed by atoms with E-state index < -0.39 is 21.1 Å². The van der Waals surface area contributed by atoms with Gasteiger partial charge in [-0.1, -0.05) is 11.6 Å². The number of nitrogens with two attached hydrogens (primary N) is 1. The molecule has 10 heteroatoms. The second-order valence-electron chi connectivity index (χ2n) is 4.13. The maximum atomic E-state index is 12.4. The van der Waals surface area contributed by atoms with Crippen molar-refractivity contribution in [1.29, 1.82) is 0 Å². The Morgan fingerprint density at radius 1 is 1.50 bits per heavy atom. The fourth-order valence-electron chi connectivity index (χ4n) is 1.84. The predicted octanol–water partition coefficient (Wildman–Crippen LogP) is 0.554. The minimum Gasteiger partial charge on any atom is -0.377 e. The van der Waals surface area contributed by atoms with Gasteiger partial charge in [-0.15, -0.1) is 0 Å². The molecule has 1 aromatic carbocycles. The van der Waals surface area contributed by atoms with E-state index in [0.29, 0.717) is 0 Å². The van der Waals surface area contributed by atoms with Crippen molar-refractivity contribution in [3.05, 3.63) is 33.3 Å². The van der Waals surface area contributed by atoms with Crippen LogP contribution in [0.25, 0.3) is 0 Å². The molecule has 1 atom stereocenters. The number of benzene rings is 1. The number of sulfonamides is 1. The number of nitro benzene ring substituents is 1. The molecule has 2 rings (SSSR count). The van der Waals surface area contributed by atoms with Crippen LogP contribution in [0.4, 0.5) is 5.69 Å². The number of hydrogen-bond donors (Lipinski definition) is 1. The summed E-state index contributed by atoms with van der Waals surface area (Å²) in [4.78, 5) is 9.76. The normalized spacial score (nSPS) is 20.8. The highest BCUT2D eigenvalue weighted by atomic mass is 35.5. The summed E-state index contributed by atoms with van der Waals surface area (Å²) in [5, 5.41) is 10.4. The van der Waals surface area contributed by atoms with Crippen molar-refractivity contribution in [2.45, 2.75) is 11.1 Å². The van der Waals surface area contributed by atoms with Gasteiger partial charge in [-0.3, -0.25) is 10.1 Å². The Morgan fingerprint density at radius 3 is 2.75 bits per heavy atom. The molecular weight excluding hydrogens is 310 g/mol. The van der Waals surface area contributed by atoms with Crippen LogP contribution in [0.2, 0.25) is 5.02 Å². The van der Waals surface area contributed by atoms with Crippen LogP contribution >= 0.6 is 11.6 Å². The van der Waals surface area contributed by atoms with Crippen LogP contribution in [0, 0.1) is 10.1 Å². The number of non-ortho nitro benzene ring substituents is 1. The number of morpholine rings is 1. The highest BCUT2D eigenvalue weighted by Crippen LogP contribution is 2.29. The van der Waals surface area contributed by atoms with Gasteiger partial charge < -0.3 is 10.5 Å².